The van der Waals surface area contributed by atoms with E-state index in [4.69, 9.17) is 0 Å². The number of nitrogens with one attached hydrogen (secondary N) is 3. The number of piperidine rings is 2. The van der Waals surface area contributed by atoms with Gasteiger partial charge < -0.3 is 20.4 Å². The van der Waals surface area contributed by atoms with Gasteiger partial charge in [0.2, 0.25) is 27.8 Å². The summed E-state index contributed by atoms with van der Waals surface area (Å²) in [7, 11) is -0.362. The molecule has 5 heterocycles. The summed E-state index contributed by atoms with van der Waals surface area (Å²) in [5, 5.41) is 7.94. The fourth-order valence-electron chi connectivity index (χ4n) is 7.46. The minimum atomic E-state index is -4.77. The maximum atomic E-state index is 13.9. The number of benzene rings is 2. The first-order chi connectivity index (χ1) is 28.0. The molecule has 4 aromatic rings. The Hall–Kier alpha value is -5.41. The average Bonchev–Trinajstić information content (AvgIpc) is 3.50. The van der Waals surface area contributed by atoms with E-state index in [1.165, 1.54) is 19.4 Å². The Morgan fingerprint density at radius 1 is 1.00 bits per heavy atom. The van der Waals surface area contributed by atoms with E-state index >= 15 is 0 Å². The van der Waals surface area contributed by atoms with Crippen LogP contribution in [0.5, 0.6) is 0 Å². The fraction of sp³-hybridized carbons (Fsp3) is 0.395. The summed E-state index contributed by atoms with van der Waals surface area (Å²) in [6.45, 7) is 2.26. The summed E-state index contributed by atoms with van der Waals surface area (Å²) in [6, 6.07) is 10.9. The van der Waals surface area contributed by atoms with Crippen molar-refractivity contribution in [1.29, 1.82) is 0 Å². The molecule has 59 heavy (non-hydrogen) atoms. The topological polar surface area (TPSA) is 186 Å². The second-order valence-corrected chi connectivity index (χ2v) is 17.5. The number of hydrogen-bond donors (Lipinski definition) is 3. The van der Waals surface area contributed by atoms with Gasteiger partial charge in [0.05, 0.1) is 12.8 Å². The number of sulfonamides is 1. The maximum absolute atomic E-state index is 13.9. The Labute approximate surface area is 346 Å². The number of imide groups is 1. The second kappa shape index (κ2) is 16.7. The molecule has 3 amide bonds. The molecule has 0 saturated carbocycles. The molecular weight excluding hydrogens is 859 g/mol. The lowest BCUT2D eigenvalue weighted by atomic mass is 10.0. The Balaban J connectivity index is 0.948. The molecular formula is C38H41BrF3N11O5S. The minimum Gasteiger partial charge on any atom is -0.371 e. The normalized spacial score (nSPS) is 17.6. The van der Waals surface area contributed by atoms with Gasteiger partial charge >= 0.3 is 6.18 Å². The van der Waals surface area contributed by atoms with Crippen molar-refractivity contribution in [3.05, 3.63) is 87.4 Å². The number of rotatable bonds is 12. The first-order valence-corrected chi connectivity index (χ1v) is 21.3. The predicted octanol–water partition coefficient (Wildman–Crippen LogP) is 4.66. The number of fused-ring (bicyclic) bond motifs is 1. The van der Waals surface area contributed by atoms with E-state index in [2.05, 4.69) is 68.7 Å². The van der Waals surface area contributed by atoms with Crippen LogP contribution in [-0.2, 0) is 45.4 Å². The molecule has 0 radical (unpaired) electrons. The van der Waals surface area contributed by atoms with Crippen molar-refractivity contribution in [3.63, 3.8) is 0 Å². The molecule has 1 unspecified atom stereocenters. The average molecular weight is 901 g/mol. The molecule has 1 atom stereocenters. The van der Waals surface area contributed by atoms with Crippen molar-refractivity contribution < 1.29 is 36.0 Å². The number of amides is 3. The van der Waals surface area contributed by atoms with Gasteiger partial charge in [-0.25, -0.2) is 18.4 Å². The second-order valence-electron chi connectivity index (χ2n) is 14.7. The summed E-state index contributed by atoms with van der Waals surface area (Å²) in [5.74, 6) is -1.62. The third kappa shape index (κ3) is 9.26. The van der Waals surface area contributed by atoms with Crippen molar-refractivity contribution in [2.24, 2.45) is 0 Å². The zero-order chi connectivity index (χ0) is 42.2. The van der Waals surface area contributed by atoms with Gasteiger partial charge in [-0.1, -0.05) is 22.0 Å². The summed E-state index contributed by atoms with van der Waals surface area (Å²) in [4.78, 5) is 59.6. The van der Waals surface area contributed by atoms with Gasteiger partial charge in [0.1, 0.15) is 23.1 Å². The Morgan fingerprint density at radius 3 is 2.39 bits per heavy atom. The van der Waals surface area contributed by atoms with Crippen LogP contribution in [0.4, 0.5) is 42.1 Å². The highest BCUT2D eigenvalue weighted by atomic mass is 79.9. The summed E-state index contributed by atoms with van der Waals surface area (Å²) >= 11 is 3.66. The van der Waals surface area contributed by atoms with Gasteiger partial charge in [0, 0.05) is 85.7 Å². The number of halogens is 4. The van der Waals surface area contributed by atoms with E-state index < -0.39 is 39.5 Å². The monoisotopic (exact) mass is 899 g/mol. The Morgan fingerprint density at radius 2 is 1.71 bits per heavy atom. The number of hydrogen-bond acceptors (Lipinski definition) is 13. The number of aromatic nitrogens is 4. The van der Waals surface area contributed by atoms with E-state index in [1.807, 2.05) is 24.3 Å². The van der Waals surface area contributed by atoms with E-state index in [0.29, 0.717) is 43.0 Å². The van der Waals surface area contributed by atoms with Crippen molar-refractivity contribution in [2.45, 2.75) is 63.6 Å². The standard InChI is InChI=1S/C38H41BrF3N11O5S/c1-50(20-23-16-22-21-53(36(56)27(22)17-29(23)39)31-8-9-32(54)48-35(31)55)25-10-14-52(15-11-25)26-6-4-24(5-7-26)47-37-46-18-28(38(40,41)42)33(49-37)45-19-30-34(44-13-12-43-30)51(2)59(3,57)58/h4-7,12-13,16-18,25,31H,8-11,14-15,19-21H2,1-3H3,(H,48,54,55)(H2,45,46,47,49). The quantitative estimate of drug-likeness (QED) is 0.167. The van der Waals surface area contributed by atoms with E-state index in [-0.39, 0.29) is 42.2 Å². The number of carbonyl (C=O) groups is 3. The lowest BCUT2D eigenvalue weighted by Gasteiger charge is -2.38. The van der Waals surface area contributed by atoms with E-state index in [1.54, 1.807) is 17.0 Å². The highest BCUT2D eigenvalue weighted by molar-refractivity contribution is 9.10. The van der Waals surface area contributed by atoms with Crippen LogP contribution < -0.4 is 25.2 Å². The Kier molecular flexibility index (Phi) is 11.8. The van der Waals surface area contributed by atoms with Crippen LogP contribution in [0.3, 0.4) is 0 Å². The third-order valence-corrected chi connectivity index (χ3v) is 12.7. The highest BCUT2D eigenvalue weighted by Gasteiger charge is 2.40. The SMILES string of the molecule is CN(Cc1cc2c(cc1Br)C(=O)N(C1CCC(=O)NC1=O)C2)C1CCN(c2ccc(Nc3ncc(C(F)(F)F)c(NCc4nccnc4N(C)S(C)(=O)=O)n3)cc2)CC1. The van der Waals surface area contributed by atoms with Crippen LogP contribution in [-0.4, -0.2) is 101 Å². The first kappa shape index (κ1) is 41.7. The zero-order valence-electron chi connectivity index (χ0n) is 32.3. The van der Waals surface area contributed by atoms with Crippen molar-refractivity contribution in [3.8, 4) is 0 Å². The molecule has 7 rings (SSSR count). The van der Waals surface area contributed by atoms with Crippen LogP contribution in [0.25, 0.3) is 0 Å². The molecule has 2 aromatic carbocycles. The molecule has 0 bridgehead atoms. The van der Waals surface area contributed by atoms with Gasteiger partial charge in [0.15, 0.2) is 5.82 Å². The summed E-state index contributed by atoms with van der Waals surface area (Å²) in [5.41, 5.74) is 2.98. The Bertz CT molecular complexity index is 2380. The summed E-state index contributed by atoms with van der Waals surface area (Å²) in [6.07, 6.45) is 1.78. The van der Waals surface area contributed by atoms with Crippen LogP contribution in [0, 0.1) is 0 Å². The number of nitrogens with zero attached hydrogens (tertiary/aromatic N) is 8. The number of alkyl halides is 3. The van der Waals surface area contributed by atoms with Gasteiger partial charge in [-0.05, 0) is 67.8 Å². The maximum Gasteiger partial charge on any atom is 0.421 e. The first-order valence-electron chi connectivity index (χ1n) is 18.7. The van der Waals surface area contributed by atoms with Crippen LogP contribution >= 0.6 is 15.9 Å². The van der Waals surface area contributed by atoms with Crippen molar-refractivity contribution >= 4 is 72.6 Å². The van der Waals surface area contributed by atoms with Crippen LogP contribution in [0.1, 0.15) is 58.4 Å². The molecule has 21 heteroatoms. The highest BCUT2D eigenvalue weighted by Crippen LogP contribution is 2.36. The van der Waals surface area contributed by atoms with Crippen LogP contribution in [0.2, 0.25) is 0 Å². The lowest BCUT2D eigenvalue weighted by Crippen LogP contribution is -2.52. The smallest absolute Gasteiger partial charge is 0.371 e. The van der Waals surface area contributed by atoms with Crippen LogP contribution in [0.15, 0.2) is 59.5 Å². The van der Waals surface area contributed by atoms with E-state index in [0.717, 1.165) is 57.8 Å². The van der Waals surface area contributed by atoms with Gasteiger partial charge in [-0.2, -0.15) is 18.2 Å². The van der Waals surface area contributed by atoms with Gasteiger partial charge in [0.25, 0.3) is 5.91 Å². The molecule has 312 valence electrons. The molecule has 0 aliphatic carbocycles. The predicted molar refractivity (Wildman–Crippen MR) is 216 cm³/mol. The molecule has 16 nitrogen and oxygen atoms in total. The molecule has 2 saturated heterocycles. The fourth-order valence-corrected chi connectivity index (χ4v) is 8.40. The zero-order valence-corrected chi connectivity index (χ0v) is 34.7. The largest absolute Gasteiger partial charge is 0.421 e. The lowest BCUT2D eigenvalue weighted by molar-refractivity contribution is -0.138. The molecule has 2 aromatic heterocycles. The number of anilines is 5. The molecule has 3 aliphatic rings. The molecule has 3 aliphatic heterocycles. The minimum absolute atomic E-state index is 0.0366. The van der Waals surface area contributed by atoms with Crippen molar-refractivity contribution in [2.75, 3.05) is 53.3 Å². The third-order valence-electron chi connectivity index (χ3n) is 10.8. The molecule has 2 fully saturated rings. The van der Waals surface area contributed by atoms with Gasteiger partial charge in [-0.15, -0.1) is 0 Å². The number of carbonyl (C=O) groups excluding carboxylic acids is 3. The molecule has 0 spiro atoms. The van der Waals surface area contributed by atoms with E-state index in [9.17, 15) is 36.0 Å². The molecule has 3 N–H and O–H groups in total. The van der Waals surface area contributed by atoms with Crippen molar-refractivity contribution in [1.82, 2.24) is 35.1 Å². The van der Waals surface area contributed by atoms with Gasteiger partial charge in [-0.3, -0.25) is 33.9 Å². The summed E-state index contributed by atoms with van der Waals surface area (Å²) < 4.78 is 67.7.